The first kappa shape index (κ1) is 13.7. The number of aromatic nitrogens is 2. The zero-order valence-electron chi connectivity index (χ0n) is 10.7. The molecule has 0 saturated carbocycles. The molecule has 0 aliphatic carbocycles. The summed E-state index contributed by atoms with van der Waals surface area (Å²) >= 11 is 0. The summed E-state index contributed by atoms with van der Waals surface area (Å²) in [7, 11) is 0. The van der Waals surface area contributed by atoms with Crippen molar-refractivity contribution in [2.75, 3.05) is 5.43 Å². The number of nitro groups is 1. The minimum Gasteiger partial charge on any atom is -0.318 e. The summed E-state index contributed by atoms with van der Waals surface area (Å²) in [5.41, 5.74) is 3.52. The van der Waals surface area contributed by atoms with Crippen LogP contribution in [0.5, 0.6) is 0 Å². The Bertz CT molecular complexity index is 710. The smallest absolute Gasteiger partial charge is 0.293 e. The van der Waals surface area contributed by atoms with Gasteiger partial charge >= 0.3 is 0 Å². The van der Waals surface area contributed by atoms with Crippen molar-refractivity contribution < 1.29 is 4.92 Å². The first-order valence-corrected chi connectivity index (χ1v) is 5.78. The molecule has 1 aromatic carbocycles. The van der Waals surface area contributed by atoms with E-state index in [-0.39, 0.29) is 23.5 Å². The van der Waals surface area contributed by atoms with E-state index in [1.807, 2.05) is 0 Å². The van der Waals surface area contributed by atoms with Crippen LogP contribution in [0.4, 0.5) is 11.4 Å². The Morgan fingerprint density at radius 2 is 2.20 bits per heavy atom. The second-order valence-corrected chi connectivity index (χ2v) is 4.25. The highest BCUT2D eigenvalue weighted by atomic mass is 16.6. The van der Waals surface area contributed by atoms with E-state index in [0.717, 1.165) is 0 Å². The number of benzene rings is 1. The number of nitrogens with one attached hydrogen (secondary N) is 1. The Balaban J connectivity index is 2.34. The number of hydrogen-bond donors (Lipinski definition) is 2. The third-order valence-corrected chi connectivity index (χ3v) is 2.78. The van der Waals surface area contributed by atoms with E-state index in [9.17, 15) is 14.9 Å². The molecule has 0 saturated heterocycles. The molecule has 0 aliphatic heterocycles. The maximum atomic E-state index is 11.7. The van der Waals surface area contributed by atoms with Gasteiger partial charge in [-0.05, 0) is 18.6 Å². The molecule has 0 radical (unpaired) electrons. The van der Waals surface area contributed by atoms with E-state index in [2.05, 4.69) is 10.4 Å². The molecule has 3 N–H and O–H groups in total. The van der Waals surface area contributed by atoms with Crippen molar-refractivity contribution in [1.29, 1.82) is 0 Å². The molecule has 20 heavy (non-hydrogen) atoms. The maximum absolute atomic E-state index is 11.7. The first-order chi connectivity index (χ1) is 9.51. The van der Waals surface area contributed by atoms with Crippen LogP contribution < -0.4 is 16.8 Å². The van der Waals surface area contributed by atoms with Crippen LogP contribution >= 0.6 is 0 Å². The van der Waals surface area contributed by atoms with Crippen LogP contribution in [-0.2, 0) is 6.54 Å². The lowest BCUT2D eigenvalue weighted by Crippen LogP contribution is -2.20. The third-order valence-electron chi connectivity index (χ3n) is 2.78. The quantitative estimate of drug-likeness (QED) is 0.484. The monoisotopic (exact) mass is 275 g/mol. The third kappa shape index (κ3) is 2.81. The lowest BCUT2D eigenvalue weighted by molar-refractivity contribution is -0.384. The SMILES string of the molecule is Cc1cc(=O)n(Cc2ccc([N+](=O)[O-])c(NN)c2)cn1. The largest absolute Gasteiger partial charge is 0.318 e. The number of anilines is 1. The molecular formula is C12H13N5O3. The van der Waals surface area contributed by atoms with Gasteiger partial charge in [-0.25, -0.2) is 4.98 Å². The van der Waals surface area contributed by atoms with Crippen LogP contribution in [0.25, 0.3) is 0 Å². The molecule has 0 atom stereocenters. The Labute approximate surface area is 114 Å². The maximum Gasteiger partial charge on any atom is 0.293 e. The number of nitrogens with zero attached hydrogens (tertiary/aromatic N) is 3. The predicted molar refractivity (Wildman–Crippen MR) is 73.2 cm³/mol. The number of nitro benzene ring substituents is 1. The highest BCUT2D eigenvalue weighted by Gasteiger charge is 2.13. The fourth-order valence-electron chi connectivity index (χ4n) is 1.79. The van der Waals surface area contributed by atoms with E-state index in [1.54, 1.807) is 13.0 Å². The average molecular weight is 275 g/mol. The van der Waals surface area contributed by atoms with Gasteiger partial charge in [0.2, 0.25) is 0 Å². The summed E-state index contributed by atoms with van der Waals surface area (Å²) < 4.78 is 1.41. The molecule has 2 rings (SSSR count). The fourth-order valence-corrected chi connectivity index (χ4v) is 1.79. The van der Waals surface area contributed by atoms with Crippen LogP contribution in [-0.4, -0.2) is 14.5 Å². The number of hydrogen-bond acceptors (Lipinski definition) is 6. The van der Waals surface area contributed by atoms with E-state index >= 15 is 0 Å². The predicted octanol–water partition coefficient (Wildman–Crippen LogP) is 0.794. The highest BCUT2D eigenvalue weighted by molar-refractivity contribution is 5.62. The van der Waals surface area contributed by atoms with Gasteiger partial charge in [-0.15, -0.1) is 0 Å². The summed E-state index contributed by atoms with van der Waals surface area (Å²) in [5.74, 6) is 5.27. The average Bonchev–Trinajstić information content (AvgIpc) is 2.41. The van der Waals surface area contributed by atoms with Gasteiger partial charge in [-0.3, -0.25) is 25.3 Å². The van der Waals surface area contributed by atoms with Gasteiger partial charge in [-0.1, -0.05) is 6.07 Å². The molecule has 1 aromatic heterocycles. The zero-order valence-corrected chi connectivity index (χ0v) is 10.7. The van der Waals surface area contributed by atoms with Crippen LogP contribution in [0, 0.1) is 17.0 Å². The van der Waals surface area contributed by atoms with Crippen LogP contribution in [0.3, 0.4) is 0 Å². The second kappa shape index (κ2) is 5.49. The molecule has 0 unspecified atom stereocenters. The van der Waals surface area contributed by atoms with E-state index < -0.39 is 4.92 Å². The normalized spacial score (nSPS) is 10.3. The van der Waals surface area contributed by atoms with Gasteiger partial charge in [0, 0.05) is 17.8 Å². The molecule has 8 heteroatoms. The molecule has 0 aliphatic rings. The molecular weight excluding hydrogens is 262 g/mol. The Morgan fingerprint density at radius 3 is 2.80 bits per heavy atom. The van der Waals surface area contributed by atoms with Crippen LogP contribution in [0.15, 0.2) is 35.4 Å². The molecule has 8 nitrogen and oxygen atoms in total. The van der Waals surface area contributed by atoms with Gasteiger partial charge in [0.05, 0.1) is 17.8 Å². The van der Waals surface area contributed by atoms with Gasteiger partial charge < -0.3 is 5.43 Å². The fraction of sp³-hybridized carbons (Fsp3) is 0.167. The molecule has 0 bridgehead atoms. The number of rotatable bonds is 4. The molecule has 0 spiro atoms. The van der Waals surface area contributed by atoms with E-state index in [1.165, 1.54) is 29.1 Å². The van der Waals surface area contributed by atoms with Gasteiger partial charge in [0.1, 0.15) is 5.69 Å². The second-order valence-electron chi connectivity index (χ2n) is 4.25. The summed E-state index contributed by atoms with van der Waals surface area (Å²) in [6.07, 6.45) is 1.44. The topological polar surface area (TPSA) is 116 Å². The lowest BCUT2D eigenvalue weighted by atomic mass is 10.1. The number of aryl methyl sites for hydroxylation is 1. The van der Waals surface area contributed by atoms with Crippen molar-refractivity contribution in [1.82, 2.24) is 9.55 Å². The minimum atomic E-state index is -0.529. The van der Waals surface area contributed by atoms with Crippen molar-refractivity contribution >= 4 is 11.4 Å². The van der Waals surface area contributed by atoms with Crippen molar-refractivity contribution in [3.63, 3.8) is 0 Å². The first-order valence-electron chi connectivity index (χ1n) is 5.78. The van der Waals surface area contributed by atoms with Crippen molar-refractivity contribution in [3.05, 3.63) is 62.3 Å². The highest BCUT2D eigenvalue weighted by Crippen LogP contribution is 2.24. The van der Waals surface area contributed by atoms with E-state index in [4.69, 9.17) is 5.84 Å². The van der Waals surface area contributed by atoms with Crippen molar-refractivity contribution in [2.45, 2.75) is 13.5 Å². The van der Waals surface area contributed by atoms with Crippen LogP contribution in [0.1, 0.15) is 11.3 Å². The minimum absolute atomic E-state index is 0.120. The summed E-state index contributed by atoms with van der Waals surface area (Å²) in [4.78, 5) is 26.0. The van der Waals surface area contributed by atoms with Gasteiger partial charge in [-0.2, -0.15) is 0 Å². The number of nitrogen functional groups attached to an aromatic ring is 1. The molecule has 1 heterocycles. The summed E-state index contributed by atoms with van der Waals surface area (Å²) in [6, 6.07) is 5.88. The molecule has 0 amide bonds. The van der Waals surface area contributed by atoms with Gasteiger partial charge in [0.25, 0.3) is 11.2 Å². The Hall–Kier alpha value is -2.74. The lowest BCUT2D eigenvalue weighted by Gasteiger charge is -2.08. The Kier molecular flexibility index (Phi) is 3.76. The van der Waals surface area contributed by atoms with E-state index in [0.29, 0.717) is 11.3 Å². The van der Waals surface area contributed by atoms with Crippen molar-refractivity contribution in [3.8, 4) is 0 Å². The summed E-state index contributed by atoms with van der Waals surface area (Å²) in [6.45, 7) is 1.99. The molecule has 2 aromatic rings. The Morgan fingerprint density at radius 1 is 1.45 bits per heavy atom. The molecule has 104 valence electrons. The van der Waals surface area contributed by atoms with Crippen molar-refractivity contribution in [2.24, 2.45) is 5.84 Å². The number of nitrogens with two attached hydrogens (primary N) is 1. The number of hydrazine groups is 1. The standard InChI is InChI=1S/C12H13N5O3/c1-8-4-12(18)16(7-14-8)6-9-2-3-11(17(19)20)10(5-9)15-13/h2-5,7,15H,6,13H2,1H3. The zero-order chi connectivity index (χ0) is 14.7. The summed E-state index contributed by atoms with van der Waals surface area (Å²) in [5, 5.41) is 10.8. The van der Waals surface area contributed by atoms with Gasteiger partial charge in [0.15, 0.2) is 0 Å². The molecule has 0 fully saturated rings. The van der Waals surface area contributed by atoms with Crippen LogP contribution in [0.2, 0.25) is 0 Å².